The van der Waals surface area contributed by atoms with Gasteiger partial charge >= 0.3 is 0 Å². The van der Waals surface area contributed by atoms with E-state index in [0.717, 1.165) is 34.8 Å². The van der Waals surface area contributed by atoms with Crippen molar-refractivity contribution in [2.24, 2.45) is 0 Å². The molecule has 0 bridgehead atoms. The number of aromatic nitrogens is 1. The molecule has 0 aliphatic carbocycles. The molecule has 1 N–H and O–H groups in total. The Balaban J connectivity index is 2.47. The van der Waals surface area contributed by atoms with Crippen LogP contribution in [-0.4, -0.2) is 19.1 Å². The zero-order valence-corrected chi connectivity index (χ0v) is 11.2. The summed E-state index contributed by atoms with van der Waals surface area (Å²) in [4.78, 5) is 4.29. The maximum Gasteiger partial charge on any atom is 0.295 e. The van der Waals surface area contributed by atoms with Crippen LogP contribution in [0.5, 0.6) is 5.75 Å². The van der Waals surface area contributed by atoms with E-state index in [9.17, 15) is 0 Å². The lowest BCUT2D eigenvalue weighted by Gasteiger charge is -2.08. The Labute approximate surface area is 107 Å². The van der Waals surface area contributed by atoms with E-state index in [-0.39, 0.29) is 0 Å². The fourth-order valence-electron chi connectivity index (χ4n) is 1.97. The average molecular weight is 246 g/mol. The lowest BCUT2D eigenvalue weighted by atomic mass is 10.1. The van der Waals surface area contributed by atoms with Crippen LogP contribution in [0.15, 0.2) is 22.6 Å². The zero-order valence-electron chi connectivity index (χ0n) is 11.2. The van der Waals surface area contributed by atoms with Gasteiger partial charge in [0.15, 0.2) is 5.76 Å². The third kappa shape index (κ3) is 2.18. The number of anilines is 1. The van der Waals surface area contributed by atoms with Crippen molar-refractivity contribution in [1.82, 2.24) is 4.98 Å². The summed E-state index contributed by atoms with van der Waals surface area (Å²) in [5.74, 6) is 1.71. The van der Waals surface area contributed by atoms with E-state index in [4.69, 9.17) is 9.15 Å². The number of nitrogens with zero attached hydrogens (tertiary/aromatic N) is 1. The number of hydrogen-bond acceptors (Lipinski definition) is 4. The van der Waals surface area contributed by atoms with Crippen molar-refractivity contribution >= 4 is 6.01 Å². The van der Waals surface area contributed by atoms with Crippen LogP contribution in [0.2, 0.25) is 0 Å². The monoisotopic (exact) mass is 246 g/mol. The molecule has 0 amide bonds. The fourth-order valence-corrected chi connectivity index (χ4v) is 1.97. The lowest BCUT2D eigenvalue weighted by Crippen LogP contribution is -1.91. The van der Waals surface area contributed by atoms with Crippen LogP contribution in [-0.2, 0) is 6.42 Å². The molecule has 0 saturated carbocycles. The van der Waals surface area contributed by atoms with Gasteiger partial charge in [-0.15, -0.1) is 0 Å². The molecule has 18 heavy (non-hydrogen) atoms. The highest BCUT2D eigenvalue weighted by Crippen LogP contribution is 2.30. The molecule has 0 unspecified atom stereocenters. The molecule has 0 spiro atoms. The van der Waals surface area contributed by atoms with Gasteiger partial charge in [0.2, 0.25) is 0 Å². The first-order valence-corrected chi connectivity index (χ1v) is 6.02. The van der Waals surface area contributed by atoms with Gasteiger partial charge in [-0.2, -0.15) is 4.98 Å². The first-order chi connectivity index (χ1) is 8.69. The second kappa shape index (κ2) is 5.12. The summed E-state index contributed by atoms with van der Waals surface area (Å²) >= 11 is 0. The summed E-state index contributed by atoms with van der Waals surface area (Å²) in [6, 6.07) is 6.59. The number of rotatable bonds is 4. The van der Waals surface area contributed by atoms with E-state index < -0.39 is 0 Å². The van der Waals surface area contributed by atoms with Crippen LogP contribution in [0.4, 0.5) is 6.01 Å². The van der Waals surface area contributed by atoms with Crippen LogP contribution in [0.3, 0.4) is 0 Å². The van der Waals surface area contributed by atoms with Crippen LogP contribution >= 0.6 is 0 Å². The molecule has 1 heterocycles. The first kappa shape index (κ1) is 12.5. The molecule has 0 aliphatic heterocycles. The van der Waals surface area contributed by atoms with E-state index in [1.807, 2.05) is 19.1 Å². The van der Waals surface area contributed by atoms with Crippen LogP contribution in [0, 0.1) is 6.92 Å². The summed E-state index contributed by atoms with van der Waals surface area (Å²) in [6.07, 6.45) is 0.920. The fraction of sp³-hybridized carbons (Fsp3) is 0.357. The van der Waals surface area contributed by atoms with Gasteiger partial charge in [-0.25, -0.2) is 0 Å². The predicted molar refractivity (Wildman–Crippen MR) is 72.2 cm³/mol. The van der Waals surface area contributed by atoms with Crippen molar-refractivity contribution in [2.45, 2.75) is 20.3 Å². The van der Waals surface area contributed by atoms with Gasteiger partial charge in [-0.05, 0) is 37.1 Å². The highest BCUT2D eigenvalue weighted by molar-refractivity contribution is 5.63. The van der Waals surface area contributed by atoms with Crippen LogP contribution < -0.4 is 10.1 Å². The maximum absolute atomic E-state index is 5.66. The molecule has 1 aromatic heterocycles. The summed E-state index contributed by atoms with van der Waals surface area (Å²) in [6.45, 7) is 4.05. The van der Waals surface area contributed by atoms with E-state index in [2.05, 4.69) is 23.3 Å². The second-order valence-corrected chi connectivity index (χ2v) is 4.06. The minimum atomic E-state index is 0.538. The Hall–Kier alpha value is -1.97. The zero-order chi connectivity index (χ0) is 13.1. The number of ether oxygens (including phenoxy) is 1. The van der Waals surface area contributed by atoms with Crippen molar-refractivity contribution in [3.63, 3.8) is 0 Å². The predicted octanol–water partition coefficient (Wildman–Crippen LogP) is 3.26. The molecule has 4 nitrogen and oxygen atoms in total. The molecule has 4 heteroatoms. The smallest absolute Gasteiger partial charge is 0.295 e. The molecule has 0 saturated heterocycles. The van der Waals surface area contributed by atoms with Gasteiger partial charge in [0, 0.05) is 12.6 Å². The summed E-state index contributed by atoms with van der Waals surface area (Å²) in [7, 11) is 3.48. The second-order valence-electron chi connectivity index (χ2n) is 4.06. The quantitative estimate of drug-likeness (QED) is 0.899. The summed E-state index contributed by atoms with van der Waals surface area (Å²) in [5.41, 5.74) is 3.07. The third-order valence-corrected chi connectivity index (χ3v) is 2.93. The van der Waals surface area contributed by atoms with Crippen molar-refractivity contribution in [3.05, 3.63) is 29.5 Å². The van der Waals surface area contributed by atoms with E-state index in [0.29, 0.717) is 6.01 Å². The molecule has 1 aromatic carbocycles. The lowest BCUT2D eigenvalue weighted by molar-refractivity contribution is 0.410. The minimum Gasteiger partial charge on any atom is -0.496 e. The van der Waals surface area contributed by atoms with Crippen molar-refractivity contribution < 1.29 is 9.15 Å². The number of methoxy groups -OCH3 is 1. The van der Waals surface area contributed by atoms with E-state index in [1.54, 1.807) is 14.2 Å². The molecule has 2 aromatic rings. The molecule has 2 rings (SSSR count). The van der Waals surface area contributed by atoms with Gasteiger partial charge in [0.05, 0.1) is 12.8 Å². The van der Waals surface area contributed by atoms with Crippen molar-refractivity contribution in [2.75, 3.05) is 19.5 Å². The molecule has 0 radical (unpaired) electrons. The SMILES string of the molecule is CCc1cc(-c2oc(NC)nc2C)ccc1OC. The minimum absolute atomic E-state index is 0.538. The molecule has 0 aliphatic rings. The van der Waals surface area contributed by atoms with E-state index >= 15 is 0 Å². The maximum atomic E-state index is 5.66. The highest BCUT2D eigenvalue weighted by Gasteiger charge is 2.12. The Morgan fingerprint density at radius 2 is 2.17 bits per heavy atom. The van der Waals surface area contributed by atoms with Crippen LogP contribution in [0.25, 0.3) is 11.3 Å². The Morgan fingerprint density at radius 3 is 2.72 bits per heavy atom. The number of nitrogens with one attached hydrogen (secondary N) is 1. The normalized spacial score (nSPS) is 10.4. The largest absolute Gasteiger partial charge is 0.496 e. The van der Waals surface area contributed by atoms with Gasteiger partial charge in [0.1, 0.15) is 5.75 Å². The highest BCUT2D eigenvalue weighted by atomic mass is 16.5. The Kier molecular flexibility index (Phi) is 3.55. The van der Waals surface area contributed by atoms with Gasteiger partial charge in [0.25, 0.3) is 6.01 Å². The van der Waals surface area contributed by atoms with Gasteiger partial charge < -0.3 is 14.5 Å². The molecular weight excluding hydrogens is 228 g/mol. The third-order valence-electron chi connectivity index (χ3n) is 2.93. The van der Waals surface area contributed by atoms with Crippen molar-refractivity contribution in [3.8, 4) is 17.1 Å². The summed E-state index contributed by atoms with van der Waals surface area (Å²) < 4.78 is 11.0. The Morgan fingerprint density at radius 1 is 1.39 bits per heavy atom. The average Bonchev–Trinajstić information content (AvgIpc) is 2.79. The molecule has 0 atom stereocenters. The number of aryl methyl sites for hydroxylation is 2. The molecule has 96 valence electrons. The molecular formula is C14H18N2O2. The topological polar surface area (TPSA) is 47.3 Å². The Bertz CT molecular complexity index is 547. The standard InChI is InChI=1S/C14H18N2O2/c1-5-10-8-11(6-7-12(10)17-4)13-9(2)16-14(15-3)18-13/h6-8H,5H2,1-4H3,(H,15,16). The number of hydrogen-bond donors (Lipinski definition) is 1. The van der Waals surface area contributed by atoms with E-state index in [1.165, 1.54) is 0 Å². The first-order valence-electron chi connectivity index (χ1n) is 6.02. The van der Waals surface area contributed by atoms with Gasteiger partial charge in [-0.3, -0.25) is 0 Å². The van der Waals surface area contributed by atoms with Crippen LogP contribution in [0.1, 0.15) is 18.2 Å². The summed E-state index contributed by atoms with van der Waals surface area (Å²) in [5, 5.41) is 2.91. The number of benzene rings is 1. The van der Waals surface area contributed by atoms with Gasteiger partial charge in [-0.1, -0.05) is 6.92 Å². The number of oxazole rings is 1. The molecule has 0 fully saturated rings. The van der Waals surface area contributed by atoms with Crippen molar-refractivity contribution in [1.29, 1.82) is 0 Å².